The summed E-state index contributed by atoms with van der Waals surface area (Å²) in [7, 11) is 1.97. The Bertz CT molecular complexity index is 745. The first-order valence-corrected chi connectivity index (χ1v) is 9.28. The van der Waals surface area contributed by atoms with Gasteiger partial charge in [-0.25, -0.2) is 0 Å². The molecular formula is C19H26ClF3N4O. The molecule has 1 aromatic heterocycles. The topological polar surface area (TPSA) is 54.2 Å². The van der Waals surface area contributed by atoms with Crippen molar-refractivity contribution in [2.24, 2.45) is 5.92 Å². The average molecular weight is 419 g/mol. The minimum atomic E-state index is -4.40. The second-order valence-electron chi connectivity index (χ2n) is 7.08. The third-order valence-corrected chi connectivity index (χ3v) is 5.25. The Labute approximate surface area is 169 Å². The van der Waals surface area contributed by atoms with Crippen molar-refractivity contribution in [2.75, 3.05) is 26.7 Å². The van der Waals surface area contributed by atoms with Crippen LogP contribution in [-0.4, -0.2) is 41.7 Å². The van der Waals surface area contributed by atoms with Crippen LogP contribution in [0.1, 0.15) is 43.7 Å². The highest BCUT2D eigenvalue weighted by Gasteiger charge is 2.31. The van der Waals surface area contributed by atoms with Crippen LogP contribution in [0.15, 0.2) is 28.8 Å². The number of alkyl halides is 3. The summed E-state index contributed by atoms with van der Waals surface area (Å²) >= 11 is 0. The van der Waals surface area contributed by atoms with Crippen LogP contribution in [0.25, 0.3) is 11.4 Å². The zero-order valence-corrected chi connectivity index (χ0v) is 16.8. The molecule has 0 amide bonds. The molecule has 156 valence electrons. The van der Waals surface area contributed by atoms with Gasteiger partial charge in [0.1, 0.15) is 0 Å². The van der Waals surface area contributed by atoms with E-state index in [-0.39, 0.29) is 24.3 Å². The monoisotopic (exact) mass is 418 g/mol. The Morgan fingerprint density at radius 2 is 2.00 bits per heavy atom. The third kappa shape index (κ3) is 5.46. The number of hydrogen-bond acceptors (Lipinski definition) is 5. The predicted molar refractivity (Wildman–Crippen MR) is 103 cm³/mol. The van der Waals surface area contributed by atoms with Crippen molar-refractivity contribution in [3.8, 4) is 11.4 Å². The van der Waals surface area contributed by atoms with E-state index < -0.39 is 11.7 Å². The molecule has 3 rings (SSSR count). The average Bonchev–Trinajstić information content (AvgIpc) is 3.16. The normalized spacial score (nSPS) is 17.3. The van der Waals surface area contributed by atoms with Crippen molar-refractivity contribution in [2.45, 2.75) is 38.4 Å². The number of piperidine rings is 1. The van der Waals surface area contributed by atoms with Crippen molar-refractivity contribution in [1.82, 2.24) is 20.4 Å². The van der Waals surface area contributed by atoms with Crippen LogP contribution < -0.4 is 5.32 Å². The maximum atomic E-state index is 12.9. The first kappa shape index (κ1) is 22.6. The molecule has 0 spiro atoms. The molecule has 1 N–H and O–H groups in total. The summed E-state index contributed by atoms with van der Waals surface area (Å²) in [5, 5.41) is 7.08. The van der Waals surface area contributed by atoms with E-state index in [1.54, 1.807) is 6.07 Å². The van der Waals surface area contributed by atoms with E-state index in [9.17, 15) is 13.2 Å². The molecule has 1 fully saturated rings. The zero-order valence-electron chi connectivity index (χ0n) is 16.0. The molecule has 1 atom stereocenters. The Balaban J connectivity index is 0.00000280. The molecule has 0 saturated carbocycles. The highest BCUT2D eigenvalue weighted by atomic mass is 35.5. The fourth-order valence-corrected chi connectivity index (χ4v) is 3.49. The number of likely N-dealkylation sites (tertiary alicyclic amines) is 1. The van der Waals surface area contributed by atoms with Gasteiger partial charge in [-0.2, -0.15) is 18.2 Å². The number of nitrogens with one attached hydrogen (secondary N) is 1. The van der Waals surface area contributed by atoms with Crippen molar-refractivity contribution < 1.29 is 17.7 Å². The lowest BCUT2D eigenvalue weighted by molar-refractivity contribution is -0.137. The SMILES string of the molecule is CNCCC1CCN(C(C)c2nc(-c3cccc(C(F)(F)F)c3)no2)CC1.Cl. The molecule has 0 aliphatic carbocycles. The largest absolute Gasteiger partial charge is 0.416 e. The summed E-state index contributed by atoms with van der Waals surface area (Å²) in [6.07, 6.45) is -0.965. The molecule has 2 aromatic rings. The van der Waals surface area contributed by atoms with Gasteiger partial charge in [-0.05, 0) is 70.9 Å². The zero-order chi connectivity index (χ0) is 19.4. The second kappa shape index (κ2) is 9.71. The maximum Gasteiger partial charge on any atom is 0.416 e. The molecule has 0 bridgehead atoms. The van der Waals surface area contributed by atoms with Crippen LogP contribution in [0.4, 0.5) is 13.2 Å². The number of hydrogen-bond donors (Lipinski definition) is 1. The van der Waals surface area contributed by atoms with Crippen molar-refractivity contribution >= 4 is 12.4 Å². The van der Waals surface area contributed by atoms with Crippen LogP contribution in [0, 0.1) is 5.92 Å². The van der Waals surface area contributed by atoms with E-state index in [4.69, 9.17) is 4.52 Å². The van der Waals surface area contributed by atoms with Crippen LogP contribution >= 0.6 is 12.4 Å². The van der Waals surface area contributed by atoms with Gasteiger partial charge in [0.2, 0.25) is 11.7 Å². The quantitative estimate of drug-likeness (QED) is 0.745. The Hall–Kier alpha value is -1.64. The number of halogens is 4. The highest BCUT2D eigenvalue weighted by molar-refractivity contribution is 5.85. The number of nitrogens with zero attached hydrogens (tertiary/aromatic N) is 3. The maximum absolute atomic E-state index is 12.9. The van der Waals surface area contributed by atoms with Crippen LogP contribution in [0.5, 0.6) is 0 Å². The van der Waals surface area contributed by atoms with Gasteiger partial charge in [-0.1, -0.05) is 17.3 Å². The first-order chi connectivity index (χ1) is 12.9. The van der Waals surface area contributed by atoms with E-state index in [1.165, 1.54) is 12.5 Å². The molecule has 1 saturated heterocycles. The molecule has 1 aromatic carbocycles. The van der Waals surface area contributed by atoms with Gasteiger partial charge in [-0.3, -0.25) is 4.90 Å². The summed E-state index contributed by atoms with van der Waals surface area (Å²) < 4.78 is 44.0. The van der Waals surface area contributed by atoms with E-state index in [0.717, 1.165) is 50.5 Å². The molecule has 0 radical (unpaired) electrons. The summed E-state index contributed by atoms with van der Waals surface area (Å²) in [6.45, 7) is 4.94. The lowest BCUT2D eigenvalue weighted by Crippen LogP contribution is -2.36. The summed E-state index contributed by atoms with van der Waals surface area (Å²) in [4.78, 5) is 6.64. The second-order valence-corrected chi connectivity index (χ2v) is 7.08. The molecule has 2 heterocycles. The van der Waals surface area contributed by atoms with E-state index in [0.29, 0.717) is 11.5 Å². The Morgan fingerprint density at radius 3 is 2.64 bits per heavy atom. The summed E-state index contributed by atoms with van der Waals surface area (Å²) in [6, 6.07) is 4.94. The smallest absolute Gasteiger partial charge is 0.337 e. The lowest BCUT2D eigenvalue weighted by atomic mass is 9.93. The third-order valence-electron chi connectivity index (χ3n) is 5.25. The van der Waals surface area contributed by atoms with Crippen LogP contribution in [0.2, 0.25) is 0 Å². The van der Waals surface area contributed by atoms with Gasteiger partial charge in [-0.15, -0.1) is 12.4 Å². The predicted octanol–water partition coefficient (Wildman–Crippen LogP) is 4.56. The van der Waals surface area contributed by atoms with E-state index >= 15 is 0 Å². The van der Waals surface area contributed by atoms with Crippen LogP contribution in [-0.2, 0) is 6.18 Å². The van der Waals surface area contributed by atoms with Gasteiger partial charge in [0.15, 0.2) is 0 Å². The lowest BCUT2D eigenvalue weighted by Gasteiger charge is -2.34. The summed E-state index contributed by atoms with van der Waals surface area (Å²) in [5.41, 5.74) is -0.416. The fourth-order valence-electron chi connectivity index (χ4n) is 3.49. The molecule has 28 heavy (non-hydrogen) atoms. The minimum Gasteiger partial charge on any atom is -0.337 e. The fraction of sp³-hybridized carbons (Fsp3) is 0.579. The van der Waals surface area contributed by atoms with Gasteiger partial charge in [0.25, 0.3) is 0 Å². The van der Waals surface area contributed by atoms with Crippen molar-refractivity contribution in [3.05, 3.63) is 35.7 Å². The highest BCUT2D eigenvalue weighted by Crippen LogP contribution is 2.32. The molecular weight excluding hydrogens is 393 g/mol. The molecule has 1 unspecified atom stereocenters. The van der Waals surface area contributed by atoms with Gasteiger partial charge < -0.3 is 9.84 Å². The van der Waals surface area contributed by atoms with Gasteiger partial charge >= 0.3 is 6.18 Å². The number of benzene rings is 1. The Kier molecular flexibility index (Phi) is 7.86. The molecule has 5 nitrogen and oxygen atoms in total. The summed E-state index contributed by atoms with van der Waals surface area (Å²) in [5.74, 6) is 1.35. The van der Waals surface area contributed by atoms with Crippen LogP contribution in [0.3, 0.4) is 0 Å². The van der Waals surface area contributed by atoms with Crippen molar-refractivity contribution in [1.29, 1.82) is 0 Å². The van der Waals surface area contributed by atoms with E-state index in [2.05, 4.69) is 20.4 Å². The van der Waals surface area contributed by atoms with Crippen molar-refractivity contribution in [3.63, 3.8) is 0 Å². The molecule has 1 aliphatic heterocycles. The minimum absolute atomic E-state index is 0. The van der Waals surface area contributed by atoms with Gasteiger partial charge in [0, 0.05) is 5.56 Å². The molecule has 1 aliphatic rings. The standard InChI is InChI=1S/C19H25F3N4O.ClH/c1-13(26-10-7-14(8-11-26)6-9-23-2)18-24-17(25-27-18)15-4-3-5-16(12-15)19(20,21)22;/h3-5,12-14,23H,6-11H2,1-2H3;1H. The first-order valence-electron chi connectivity index (χ1n) is 9.28. The van der Waals surface area contributed by atoms with E-state index in [1.807, 2.05) is 14.0 Å². The number of rotatable bonds is 6. The van der Waals surface area contributed by atoms with Gasteiger partial charge in [0.05, 0.1) is 11.6 Å². The number of aromatic nitrogens is 2. The molecule has 9 heteroatoms. The Morgan fingerprint density at radius 1 is 1.29 bits per heavy atom.